The van der Waals surface area contributed by atoms with Crippen LogP contribution in [0.3, 0.4) is 0 Å². The number of likely N-dealkylation sites (N-methyl/N-ethyl adjacent to an activating group) is 1. The fourth-order valence-corrected chi connectivity index (χ4v) is 3.47. The van der Waals surface area contributed by atoms with Crippen LogP contribution in [-0.4, -0.2) is 49.9 Å². The van der Waals surface area contributed by atoms with Gasteiger partial charge in [0.2, 0.25) is 15.9 Å². The largest absolute Gasteiger partial charge is 0.480 e. The Morgan fingerprint density at radius 1 is 1.12 bits per heavy atom. The Morgan fingerprint density at radius 2 is 1.80 bits per heavy atom. The molecule has 0 radical (unpaired) electrons. The summed E-state index contributed by atoms with van der Waals surface area (Å²) in [6, 6.07) is 12.2. The number of aliphatic carboxylic acids is 1. The normalized spacial score (nSPS) is 11.4. The van der Waals surface area contributed by atoms with Gasteiger partial charge >= 0.3 is 5.97 Å². The molecule has 0 bridgehead atoms. The summed E-state index contributed by atoms with van der Waals surface area (Å²) in [7, 11) is -3.74. The molecule has 2 aromatic carbocycles. The third kappa shape index (κ3) is 5.01. The molecule has 0 atom stereocenters. The fraction of sp³-hybridized carbons (Fsp3) is 0.294. The van der Waals surface area contributed by atoms with Crippen molar-refractivity contribution in [1.29, 1.82) is 0 Å². The van der Waals surface area contributed by atoms with E-state index in [1.54, 1.807) is 19.1 Å². The van der Waals surface area contributed by atoms with Gasteiger partial charge in [0.25, 0.3) is 0 Å². The van der Waals surface area contributed by atoms with Crippen LogP contribution in [0.1, 0.15) is 13.3 Å². The van der Waals surface area contributed by atoms with Crippen LogP contribution in [0.15, 0.2) is 47.4 Å². The second-order valence-corrected chi connectivity index (χ2v) is 7.23. The Bertz CT molecular complexity index is 879. The van der Waals surface area contributed by atoms with Gasteiger partial charge in [0.05, 0.1) is 4.90 Å². The number of carbonyl (C=O) groups excluding carboxylic acids is 1. The van der Waals surface area contributed by atoms with Gasteiger partial charge in [0.1, 0.15) is 6.54 Å². The van der Waals surface area contributed by atoms with Crippen LogP contribution in [0.5, 0.6) is 0 Å². The molecule has 0 aliphatic rings. The molecule has 0 spiro atoms. The second-order valence-electron chi connectivity index (χ2n) is 5.46. The maximum Gasteiger partial charge on any atom is 0.323 e. The molecule has 0 aliphatic carbocycles. The van der Waals surface area contributed by atoms with E-state index in [-0.39, 0.29) is 24.4 Å². The van der Waals surface area contributed by atoms with Crippen LogP contribution in [0.25, 0.3) is 10.8 Å². The minimum Gasteiger partial charge on any atom is -0.480 e. The van der Waals surface area contributed by atoms with Crippen molar-refractivity contribution < 1.29 is 23.1 Å². The van der Waals surface area contributed by atoms with Crippen molar-refractivity contribution in [3.8, 4) is 0 Å². The van der Waals surface area contributed by atoms with Crippen molar-refractivity contribution in [3.05, 3.63) is 42.5 Å². The van der Waals surface area contributed by atoms with Crippen molar-refractivity contribution in [2.75, 3.05) is 19.6 Å². The van der Waals surface area contributed by atoms with E-state index < -0.39 is 28.4 Å². The molecule has 2 rings (SSSR count). The topological polar surface area (TPSA) is 104 Å². The number of carbonyl (C=O) groups is 2. The minimum absolute atomic E-state index is 0.0931. The summed E-state index contributed by atoms with van der Waals surface area (Å²) in [5, 5.41) is 10.5. The number of nitrogens with zero attached hydrogens (tertiary/aromatic N) is 1. The summed E-state index contributed by atoms with van der Waals surface area (Å²) in [5.74, 6) is -1.52. The molecule has 0 heterocycles. The lowest BCUT2D eigenvalue weighted by molar-refractivity contribution is -0.144. The Balaban J connectivity index is 2.00. The van der Waals surface area contributed by atoms with Crippen LogP contribution in [-0.2, 0) is 19.6 Å². The zero-order valence-electron chi connectivity index (χ0n) is 13.8. The van der Waals surface area contributed by atoms with E-state index in [2.05, 4.69) is 4.72 Å². The van der Waals surface area contributed by atoms with Gasteiger partial charge in [-0.25, -0.2) is 13.1 Å². The number of amides is 1. The third-order valence-electron chi connectivity index (χ3n) is 3.72. The van der Waals surface area contributed by atoms with Crippen LogP contribution in [0.2, 0.25) is 0 Å². The molecule has 0 aromatic heterocycles. The van der Waals surface area contributed by atoms with Crippen molar-refractivity contribution in [2.24, 2.45) is 0 Å². The number of benzene rings is 2. The minimum atomic E-state index is -3.74. The summed E-state index contributed by atoms with van der Waals surface area (Å²) in [6.07, 6.45) is -0.103. The molecule has 25 heavy (non-hydrogen) atoms. The maximum atomic E-state index is 12.3. The van der Waals surface area contributed by atoms with Crippen molar-refractivity contribution in [3.63, 3.8) is 0 Å². The van der Waals surface area contributed by atoms with E-state index in [4.69, 9.17) is 5.11 Å². The Labute approximate surface area is 146 Å². The van der Waals surface area contributed by atoms with Crippen molar-refractivity contribution >= 4 is 32.7 Å². The highest BCUT2D eigenvalue weighted by Gasteiger charge is 2.18. The molecule has 8 heteroatoms. The predicted octanol–water partition coefficient (Wildman–Crippen LogP) is 1.44. The first-order valence-electron chi connectivity index (χ1n) is 7.81. The highest BCUT2D eigenvalue weighted by atomic mass is 32.2. The van der Waals surface area contributed by atoms with Gasteiger partial charge in [-0.15, -0.1) is 0 Å². The predicted molar refractivity (Wildman–Crippen MR) is 93.6 cm³/mol. The van der Waals surface area contributed by atoms with E-state index in [1.807, 2.05) is 24.3 Å². The Hall–Kier alpha value is -2.45. The van der Waals surface area contributed by atoms with Gasteiger partial charge in [-0.05, 0) is 29.8 Å². The first-order valence-corrected chi connectivity index (χ1v) is 9.30. The maximum absolute atomic E-state index is 12.3. The van der Waals surface area contributed by atoms with E-state index in [0.29, 0.717) is 0 Å². The molecule has 7 nitrogen and oxygen atoms in total. The number of hydrogen-bond donors (Lipinski definition) is 2. The van der Waals surface area contributed by atoms with E-state index in [0.717, 1.165) is 15.7 Å². The number of sulfonamides is 1. The average Bonchev–Trinajstić information content (AvgIpc) is 2.58. The van der Waals surface area contributed by atoms with Crippen molar-refractivity contribution in [2.45, 2.75) is 18.2 Å². The molecule has 0 fully saturated rings. The lowest BCUT2D eigenvalue weighted by Crippen LogP contribution is -2.37. The van der Waals surface area contributed by atoms with E-state index >= 15 is 0 Å². The van der Waals surface area contributed by atoms with Crippen LogP contribution in [0.4, 0.5) is 0 Å². The first-order chi connectivity index (χ1) is 11.8. The monoisotopic (exact) mass is 364 g/mol. The number of nitrogens with one attached hydrogen (secondary N) is 1. The molecule has 0 unspecified atom stereocenters. The van der Waals surface area contributed by atoms with Gasteiger partial charge in [-0.3, -0.25) is 9.59 Å². The molecular formula is C17H20N2O5S. The molecule has 0 saturated heterocycles. The highest BCUT2D eigenvalue weighted by Crippen LogP contribution is 2.18. The van der Waals surface area contributed by atoms with Gasteiger partial charge in [-0.2, -0.15) is 0 Å². The average molecular weight is 364 g/mol. The number of hydrogen-bond acceptors (Lipinski definition) is 4. The van der Waals surface area contributed by atoms with E-state index in [9.17, 15) is 18.0 Å². The molecule has 1 amide bonds. The van der Waals surface area contributed by atoms with Gasteiger partial charge in [0.15, 0.2) is 0 Å². The van der Waals surface area contributed by atoms with Crippen LogP contribution in [0, 0.1) is 0 Å². The molecule has 134 valence electrons. The summed E-state index contributed by atoms with van der Waals surface area (Å²) >= 11 is 0. The van der Waals surface area contributed by atoms with Crippen molar-refractivity contribution in [1.82, 2.24) is 9.62 Å². The molecule has 2 N–H and O–H groups in total. The zero-order chi connectivity index (χ0) is 18.4. The summed E-state index contributed by atoms with van der Waals surface area (Å²) in [5.41, 5.74) is 0. The molecule has 0 aliphatic heterocycles. The SMILES string of the molecule is CCN(CC(=O)O)C(=O)CCNS(=O)(=O)c1ccc2ccccc2c1. The Morgan fingerprint density at radius 3 is 2.44 bits per heavy atom. The third-order valence-corrected chi connectivity index (χ3v) is 5.18. The summed E-state index contributed by atoms with van der Waals surface area (Å²) in [4.78, 5) is 23.9. The molecule has 2 aromatic rings. The molecule has 0 saturated carbocycles. The summed E-state index contributed by atoms with van der Waals surface area (Å²) < 4.78 is 27.1. The van der Waals surface area contributed by atoms with Crippen LogP contribution >= 0.6 is 0 Å². The van der Waals surface area contributed by atoms with Gasteiger partial charge in [-0.1, -0.05) is 30.3 Å². The summed E-state index contributed by atoms with van der Waals surface area (Å²) in [6.45, 7) is 1.43. The first kappa shape index (κ1) is 18.9. The lowest BCUT2D eigenvalue weighted by atomic mass is 10.1. The quantitative estimate of drug-likeness (QED) is 0.738. The van der Waals surface area contributed by atoms with Gasteiger partial charge < -0.3 is 10.0 Å². The Kier molecular flexibility index (Phi) is 6.11. The van der Waals surface area contributed by atoms with Gasteiger partial charge in [0, 0.05) is 19.5 Å². The number of fused-ring (bicyclic) bond motifs is 1. The fourth-order valence-electron chi connectivity index (χ4n) is 2.41. The zero-order valence-corrected chi connectivity index (χ0v) is 14.6. The standard InChI is InChI=1S/C17H20N2O5S/c1-2-19(12-17(21)22)16(20)9-10-18-25(23,24)15-8-7-13-5-3-4-6-14(13)11-15/h3-8,11,18H,2,9-10,12H2,1H3,(H,21,22). The second kappa shape index (κ2) is 8.09. The number of carboxylic acid groups (broad SMARTS) is 1. The smallest absolute Gasteiger partial charge is 0.323 e. The highest BCUT2D eigenvalue weighted by molar-refractivity contribution is 7.89. The number of rotatable bonds is 8. The van der Waals surface area contributed by atoms with E-state index in [1.165, 1.54) is 6.07 Å². The number of carboxylic acids is 1. The lowest BCUT2D eigenvalue weighted by Gasteiger charge is -2.18. The van der Waals surface area contributed by atoms with Crippen LogP contribution < -0.4 is 4.72 Å². The molecular weight excluding hydrogens is 344 g/mol.